The zero-order valence-corrected chi connectivity index (χ0v) is 15.5. The molecule has 0 radical (unpaired) electrons. The fourth-order valence-electron chi connectivity index (χ4n) is 3.18. The Balaban J connectivity index is 1.35. The molecule has 5 nitrogen and oxygen atoms in total. The molecule has 0 N–H and O–H groups in total. The van der Waals surface area contributed by atoms with Crippen LogP contribution in [0.5, 0.6) is 0 Å². The number of aromatic nitrogens is 2. The fraction of sp³-hybridized carbons (Fsp3) is 0.250. The lowest BCUT2D eigenvalue weighted by molar-refractivity contribution is -0.130. The number of nitrogens with zero attached hydrogens (tertiary/aromatic N) is 4. The summed E-state index contributed by atoms with van der Waals surface area (Å²) in [7, 11) is 0. The summed E-state index contributed by atoms with van der Waals surface area (Å²) in [6.45, 7) is 2.44. The first-order valence-electron chi connectivity index (χ1n) is 8.83. The minimum absolute atomic E-state index is 0.0613. The van der Waals surface area contributed by atoms with Crippen molar-refractivity contribution in [2.45, 2.75) is 6.42 Å². The molecule has 1 amide bonds. The molecule has 0 unspecified atom stereocenters. The normalized spacial score (nSPS) is 14.4. The van der Waals surface area contributed by atoms with Crippen molar-refractivity contribution in [3.8, 4) is 10.6 Å². The van der Waals surface area contributed by atoms with Crippen LogP contribution in [-0.2, 0) is 11.2 Å². The van der Waals surface area contributed by atoms with E-state index in [1.165, 1.54) is 17.4 Å². The predicted octanol–water partition coefficient (Wildman–Crippen LogP) is 3.24. The molecule has 3 aromatic rings. The lowest BCUT2D eigenvalue weighted by atomic mass is 10.2. The van der Waals surface area contributed by atoms with Crippen LogP contribution < -0.4 is 4.90 Å². The van der Waals surface area contributed by atoms with E-state index in [0.29, 0.717) is 31.9 Å². The summed E-state index contributed by atoms with van der Waals surface area (Å²) in [5.41, 5.74) is 2.34. The van der Waals surface area contributed by atoms with Gasteiger partial charge in [-0.1, -0.05) is 12.1 Å². The molecule has 0 aliphatic carbocycles. The number of thiazole rings is 1. The molecule has 4 rings (SSSR count). The summed E-state index contributed by atoms with van der Waals surface area (Å²) < 4.78 is 13.9. The number of hydrogen-bond acceptors (Lipinski definition) is 5. The van der Waals surface area contributed by atoms with Crippen LogP contribution in [0.3, 0.4) is 0 Å². The molecule has 0 saturated carbocycles. The van der Waals surface area contributed by atoms with Gasteiger partial charge in [0.15, 0.2) is 0 Å². The van der Waals surface area contributed by atoms with Crippen LogP contribution in [-0.4, -0.2) is 47.0 Å². The van der Waals surface area contributed by atoms with Gasteiger partial charge < -0.3 is 9.80 Å². The second kappa shape index (κ2) is 7.84. The van der Waals surface area contributed by atoms with Crippen LogP contribution in [0.4, 0.5) is 10.1 Å². The van der Waals surface area contributed by atoms with Crippen LogP contribution in [0, 0.1) is 5.82 Å². The maximum atomic E-state index is 13.9. The van der Waals surface area contributed by atoms with E-state index < -0.39 is 0 Å². The van der Waals surface area contributed by atoms with Crippen LogP contribution in [0.1, 0.15) is 5.69 Å². The summed E-state index contributed by atoms with van der Waals surface area (Å²) in [5.74, 6) is -0.158. The quantitative estimate of drug-likeness (QED) is 0.695. The van der Waals surface area contributed by atoms with E-state index in [4.69, 9.17) is 0 Å². The number of para-hydroxylation sites is 1. The average Bonchev–Trinajstić information content (AvgIpc) is 3.18. The molecule has 1 aromatic carbocycles. The molecule has 2 aromatic heterocycles. The fourth-order valence-corrected chi connectivity index (χ4v) is 3.99. The SMILES string of the molecule is O=C(Cc1csc(-c2cccnc2)n1)N1CCN(c2ccccc2F)CC1. The van der Waals surface area contributed by atoms with Gasteiger partial charge in [-0.3, -0.25) is 9.78 Å². The molecule has 3 heterocycles. The Bertz CT molecular complexity index is 922. The van der Waals surface area contributed by atoms with Crippen LogP contribution in [0.15, 0.2) is 54.2 Å². The van der Waals surface area contributed by atoms with Crippen LogP contribution in [0.25, 0.3) is 10.6 Å². The van der Waals surface area contributed by atoms with Gasteiger partial charge in [0.1, 0.15) is 10.8 Å². The van der Waals surface area contributed by atoms with Crippen molar-refractivity contribution in [1.29, 1.82) is 0 Å². The number of halogens is 1. The Labute approximate surface area is 161 Å². The van der Waals surface area contributed by atoms with Gasteiger partial charge in [0.05, 0.1) is 17.8 Å². The average molecular weight is 382 g/mol. The van der Waals surface area contributed by atoms with Crippen molar-refractivity contribution in [2.24, 2.45) is 0 Å². The van der Waals surface area contributed by atoms with E-state index in [2.05, 4.69) is 9.97 Å². The van der Waals surface area contributed by atoms with Crippen molar-refractivity contribution < 1.29 is 9.18 Å². The van der Waals surface area contributed by atoms with Crippen LogP contribution >= 0.6 is 11.3 Å². The number of hydrogen-bond donors (Lipinski definition) is 0. The summed E-state index contributed by atoms with van der Waals surface area (Å²) in [6.07, 6.45) is 3.78. The molecule has 138 valence electrons. The van der Waals surface area contributed by atoms with Gasteiger partial charge in [-0.25, -0.2) is 9.37 Å². The van der Waals surface area contributed by atoms with Crippen molar-refractivity contribution in [1.82, 2.24) is 14.9 Å². The molecule has 27 heavy (non-hydrogen) atoms. The number of piperazine rings is 1. The third kappa shape index (κ3) is 3.98. The molecule has 1 aliphatic rings. The minimum atomic E-state index is -0.220. The monoisotopic (exact) mass is 382 g/mol. The van der Waals surface area contributed by atoms with Crippen molar-refractivity contribution >= 4 is 22.9 Å². The maximum absolute atomic E-state index is 13.9. The maximum Gasteiger partial charge on any atom is 0.228 e. The van der Waals surface area contributed by atoms with Gasteiger partial charge in [-0.05, 0) is 24.3 Å². The summed E-state index contributed by atoms with van der Waals surface area (Å²) in [4.78, 5) is 25.1. The van der Waals surface area contributed by atoms with E-state index in [0.717, 1.165) is 16.3 Å². The van der Waals surface area contributed by atoms with Gasteiger partial charge in [0.2, 0.25) is 5.91 Å². The standard InChI is InChI=1S/C20H19FN4OS/c21-17-5-1-2-6-18(17)24-8-10-25(11-9-24)19(26)12-16-14-27-20(23-16)15-4-3-7-22-13-15/h1-7,13-14H,8-12H2. The van der Waals surface area contributed by atoms with Gasteiger partial charge in [-0.15, -0.1) is 11.3 Å². The first-order chi connectivity index (χ1) is 13.2. The number of carbonyl (C=O) groups is 1. The Morgan fingerprint density at radius 2 is 1.93 bits per heavy atom. The van der Waals surface area contributed by atoms with Crippen molar-refractivity contribution in [3.63, 3.8) is 0 Å². The highest BCUT2D eigenvalue weighted by atomic mass is 32.1. The second-order valence-electron chi connectivity index (χ2n) is 6.38. The van der Waals surface area contributed by atoms with Gasteiger partial charge in [0.25, 0.3) is 0 Å². The molecule has 7 heteroatoms. The van der Waals surface area contributed by atoms with E-state index in [1.54, 1.807) is 24.5 Å². The third-order valence-electron chi connectivity index (χ3n) is 4.62. The predicted molar refractivity (Wildman–Crippen MR) is 104 cm³/mol. The Kier molecular flexibility index (Phi) is 5.11. The van der Waals surface area contributed by atoms with E-state index in [-0.39, 0.29) is 18.1 Å². The largest absolute Gasteiger partial charge is 0.366 e. The Morgan fingerprint density at radius 3 is 2.67 bits per heavy atom. The van der Waals surface area contributed by atoms with Gasteiger partial charge >= 0.3 is 0 Å². The van der Waals surface area contributed by atoms with Gasteiger partial charge in [-0.2, -0.15) is 0 Å². The highest BCUT2D eigenvalue weighted by molar-refractivity contribution is 7.13. The first kappa shape index (κ1) is 17.6. The first-order valence-corrected chi connectivity index (χ1v) is 9.71. The molecular weight excluding hydrogens is 363 g/mol. The van der Waals surface area contributed by atoms with E-state index in [9.17, 15) is 9.18 Å². The number of anilines is 1. The molecule has 1 fully saturated rings. The summed E-state index contributed by atoms with van der Waals surface area (Å²) in [6, 6.07) is 10.6. The van der Waals surface area contributed by atoms with Crippen LogP contribution in [0.2, 0.25) is 0 Å². The highest BCUT2D eigenvalue weighted by Gasteiger charge is 2.23. The molecular formula is C20H19FN4OS. The number of pyridine rings is 1. The summed E-state index contributed by atoms with van der Waals surface area (Å²) >= 11 is 1.52. The van der Waals surface area contributed by atoms with Crippen molar-refractivity contribution in [2.75, 3.05) is 31.1 Å². The molecule has 0 atom stereocenters. The number of amides is 1. The smallest absolute Gasteiger partial charge is 0.228 e. The van der Waals surface area contributed by atoms with Gasteiger partial charge in [0, 0.05) is 49.5 Å². The number of rotatable bonds is 4. The lowest BCUT2D eigenvalue weighted by Crippen LogP contribution is -2.49. The number of benzene rings is 1. The minimum Gasteiger partial charge on any atom is -0.366 e. The lowest BCUT2D eigenvalue weighted by Gasteiger charge is -2.36. The molecule has 1 aliphatic heterocycles. The van der Waals surface area contributed by atoms with E-state index in [1.807, 2.05) is 33.4 Å². The number of carbonyl (C=O) groups excluding carboxylic acids is 1. The molecule has 0 bridgehead atoms. The molecule has 0 spiro atoms. The zero-order chi connectivity index (χ0) is 18.6. The van der Waals surface area contributed by atoms with E-state index >= 15 is 0 Å². The zero-order valence-electron chi connectivity index (χ0n) is 14.7. The topological polar surface area (TPSA) is 49.3 Å². The molecule has 1 saturated heterocycles. The highest BCUT2D eigenvalue weighted by Crippen LogP contribution is 2.24. The Morgan fingerprint density at radius 1 is 1.11 bits per heavy atom. The third-order valence-corrected chi connectivity index (χ3v) is 5.56. The Hall–Kier alpha value is -2.80. The van der Waals surface area contributed by atoms with Crippen molar-refractivity contribution in [3.05, 3.63) is 65.7 Å². The second-order valence-corrected chi connectivity index (χ2v) is 7.24. The summed E-state index contributed by atoms with van der Waals surface area (Å²) in [5, 5.41) is 2.80.